The lowest BCUT2D eigenvalue weighted by molar-refractivity contribution is 0.495. The molecule has 0 unspecified atom stereocenters. The smallest absolute Gasteiger partial charge is 0.000462 e. The molecule has 0 atom stereocenters. The lowest BCUT2D eigenvalue weighted by Gasteiger charge is -2.10. The summed E-state index contributed by atoms with van der Waals surface area (Å²) in [5, 5.41) is 0. The van der Waals surface area contributed by atoms with Crippen LogP contribution in [0.25, 0.3) is 0 Å². The Morgan fingerprint density at radius 1 is 1.18 bits per heavy atom. The van der Waals surface area contributed by atoms with Crippen LogP contribution in [0.15, 0.2) is 25.3 Å². The molecule has 0 N–H and O–H groups in total. The van der Waals surface area contributed by atoms with E-state index < -0.39 is 0 Å². The van der Waals surface area contributed by atoms with Crippen LogP contribution in [-0.4, -0.2) is 4.43 Å². The zero-order valence-corrected chi connectivity index (χ0v) is 9.22. The Balaban J connectivity index is 3.49. The van der Waals surface area contributed by atoms with E-state index in [4.69, 9.17) is 0 Å². The lowest BCUT2D eigenvalue weighted by atomic mass is 9.96. The third-order valence-electron chi connectivity index (χ3n) is 1.75. The van der Waals surface area contributed by atoms with Gasteiger partial charge in [0.05, 0.1) is 0 Å². The Kier molecular flexibility index (Phi) is 8.47. The van der Waals surface area contributed by atoms with Crippen molar-refractivity contribution >= 4 is 22.6 Å². The van der Waals surface area contributed by atoms with E-state index in [0.717, 1.165) is 18.8 Å². The number of rotatable bonds is 7. The van der Waals surface area contributed by atoms with Crippen molar-refractivity contribution in [2.24, 2.45) is 5.92 Å². The Labute approximate surface area is 83.9 Å². The molecule has 64 valence electrons. The molecule has 0 aliphatic heterocycles. The minimum absolute atomic E-state index is 0.791. The van der Waals surface area contributed by atoms with Crippen LogP contribution >= 0.6 is 22.6 Å². The van der Waals surface area contributed by atoms with E-state index in [-0.39, 0.29) is 0 Å². The quantitative estimate of drug-likeness (QED) is 0.371. The molecule has 0 heterocycles. The van der Waals surface area contributed by atoms with Crippen molar-refractivity contribution in [3.05, 3.63) is 25.3 Å². The first-order valence-electron chi connectivity index (χ1n) is 4.12. The predicted molar refractivity (Wildman–Crippen MR) is 61.2 cm³/mol. The fourth-order valence-electron chi connectivity index (χ4n) is 1.17. The molecule has 0 aromatic rings. The fourth-order valence-corrected chi connectivity index (χ4v) is 1.61. The molecule has 0 aromatic carbocycles. The summed E-state index contributed by atoms with van der Waals surface area (Å²) in [4.78, 5) is 0. The first-order valence-corrected chi connectivity index (χ1v) is 5.65. The summed E-state index contributed by atoms with van der Waals surface area (Å²) >= 11 is 2.43. The number of hydrogen-bond acceptors (Lipinski definition) is 0. The maximum Gasteiger partial charge on any atom is -0.000462 e. The standard InChI is InChI=1S/C10H17I/c1-3-6-10(7-4-2)8-5-9-11/h3-4,10H,1-2,5-9H2. The topological polar surface area (TPSA) is 0 Å². The van der Waals surface area contributed by atoms with Crippen LogP contribution in [0.4, 0.5) is 0 Å². The molecule has 11 heavy (non-hydrogen) atoms. The van der Waals surface area contributed by atoms with Gasteiger partial charge in [-0.05, 0) is 36.0 Å². The minimum Gasteiger partial charge on any atom is -0.103 e. The van der Waals surface area contributed by atoms with E-state index >= 15 is 0 Å². The molecule has 0 fully saturated rings. The van der Waals surface area contributed by atoms with Crippen LogP contribution in [0.1, 0.15) is 25.7 Å². The molecule has 0 rings (SSSR count). The van der Waals surface area contributed by atoms with Gasteiger partial charge in [-0.2, -0.15) is 0 Å². The Morgan fingerprint density at radius 2 is 1.73 bits per heavy atom. The normalized spacial score (nSPS) is 10.0. The highest BCUT2D eigenvalue weighted by Gasteiger charge is 2.02. The average Bonchev–Trinajstić information content (AvgIpc) is 2.01. The van der Waals surface area contributed by atoms with Crippen molar-refractivity contribution in [3.8, 4) is 0 Å². The minimum atomic E-state index is 0.791. The molecular weight excluding hydrogens is 247 g/mol. The SMILES string of the molecule is C=CCC(CC=C)CCCI. The second-order valence-electron chi connectivity index (χ2n) is 2.75. The van der Waals surface area contributed by atoms with Crippen LogP contribution < -0.4 is 0 Å². The monoisotopic (exact) mass is 264 g/mol. The van der Waals surface area contributed by atoms with Gasteiger partial charge in [0.25, 0.3) is 0 Å². The molecule has 0 saturated carbocycles. The van der Waals surface area contributed by atoms with Gasteiger partial charge in [-0.3, -0.25) is 0 Å². The van der Waals surface area contributed by atoms with Gasteiger partial charge in [-0.25, -0.2) is 0 Å². The van der Waals surface area contributed by atoms with Gasteiger partial charge < -0.3 is 0 Å². The van der Waals surface area contributed by atoms with E-state index in [1.165, 1.54) is 17.3 Å². The van der Waals surface area contributed by atoms with Crippen molar-refractivity contribution < 1.29 is 0 Å². The second kappa shape index (κ2) is 8.31. The second-order valence-corrected chi connectivity index (χ2v) is 3.82. The third kappa shape index (κ3) is 6.60. The fraction of sp³-hybridized carbons (Fsp3) is 0.600. The molecular formula is C10H17I. The van der Waals surface area contributed by atoms with Crippen molar-refractivity contribution in [2.75, 3.05) is 4.43 Å². The number of halogens is 1. The van der Waals surface area contributed by atoms with E-state index in [2.05, 4.69) is 35.7 Å². The molecule has 0 aromatic heterocycles. The van der Waals surface area contributed by atoms with Crippen molar-refractivity contribution in [2.45, 2.75) is 25.7 Å². The largest absolute Gasteiger partial charge is 0.103 e. The van der Waals surface area contributed by atoms with Crippen LogP contribution in [0.2, 0.25) is 0 Å². The zero-order chi connectivity index (χ0) is 8.53. The first kappa shape index (κ1) is 11.2. The van der Waals surface area contributed by atoms with Crippen LogP contribution in [0.3, 0.4) is 0 Å². The van der Waals surface area contributed by atoms with E-state index in [9.17, 15) is 0 Å². The lowest BCUT2D eigenvalue weighted by Crippen LogP contribution is -1.97. The van der Waals surface area contributed by atoms with Crippen molar-refractivity contribution in [1.29, 1.82) is 0 Å². The average molecular weight is 264 g/mol. The molecule has 1 heteroatoms. The third-order valence-corrected chi connectivity index (χ3v) is 2.51. The highest BCUT2D eigenvalue weighted by Crippen LogP contribution is 2.16. The van der Waals surface area contributed by atoms with Crippen molar-refractivity contribution in [3.63, 3.8) is 0 Å². The molecule has 0 bridgehead atoms. The molecule has 0 saturated heterocycles. The molecule has 0 radical (unpaired) electrons. The zero-order valence-electron chi connectivity index (χ0n) is 7.06. The molecule has 0 spiro atoms. The summed E-state index contributed by atoms with van der Waals surface area (Å²) in [7, 11) is 0. The first-order chi connectivity index (χ1) is 5.35. The predicted octanol–water partition coefficient (Wildman–Crippen LogP) is 3.97. The summed E-state index contributed by atoms with van der Waals surface area (Å²) in [6, 6.07) is 0. The molecule has 0 aliphatic carbocycles. The maximum atomic E-state index is 3.75. The molecule has 0 amide bonds. The number of alkyl halides is 1. The summed E-state index contributed by atoms with van der Waals surface area (Å²) in [6.45, 7) is 7.51. The van der Waals surface area contributed by atoms with Gasteiger partial charge in [-0.1, -0.05) is 34.7 Å². The molecule has 0 aliphatic rings. The van der Waals surface area contributed by atoms with Crippen LogP contribution in [0.5, 0.6) is 0 Å². The van der Waals surface area contributed by atoms with E-state index in [1.807, 2.05) is 12.2 Å². The number of allylic oxidation sites excluding steroid dienone is 2. The van der Waals surface area contributed by atoms with Gasteiger partial charge in [0.15, 0.2) is 0 Å². The summed E-state index contributed by atoms with van der Waals surface area (Å²) in [5.41, 5.74) is 0. The van der Waals surface area contributed by atoms with E-state index in [0.29, 0.717) is 0 Å². The summed E-state index contributed by atoms with van der Waals surface area (Å²) < 4.78 is 1.27. The van der Waals surface area contributed by atoms with Gasteiger partial charge in [0, 0.05) is 0 Å². The van der Waals surface area contributed by atoms with Gasteiger partial charge >= 0.3 is 0 Å². The highest BCUT2D eigenvalue weighted by molar-refractivity contribution is 14.1. The maximum absolute atomic E-state index is 3.75. The van der Waals surface area contributed by atoms with Gasteiger partial charge in [-0.15, -0.1) is 13.2 Å². The van der Waals surface area contributed by atoms with Gasteiger partial charge in [0.1, 0.15) is 0 Å². The van der Waals surface area contributed by atoms with E-state index in [1.54, 1.807) is 0 Å². The summed E-state index contributed by atoms with van der Waals surface area (Å²) in [6.07, 6.45) is 8.96. The van der Waals surface area contributed by atoms with Crippen molar-refractivity contribution in [1.82, 2.24) is 0 Å². The van der Waals surface area contributed by atoms with Gasteiger partial charge in [0.2, 0.25) is 0 Å². The number of hydrogen-bond donors (Lipinski definition) is 0. The highest BCUT2D eigenvalue weighted by atomic mass is 127. The molecule has 0 nitrogen and oxygen atoms in total. The Bertz CT molecular complexity index is 97.4. The summed E-state index contributed by atoms with van der Waals surface area (Å²) in [5.74, 6) is 0.791. The van der Waals surface area contributed by atoms with Crippen LogP contribution in [0, 0.1) is 5.92 Å². The van der Waals surface area contributed by atoms with Crippen LogP contribution in [-0.2, 0) is 0 Å². The Hall–Kier alpha value is 0.210. The Morgan fingerprint density at radius 3 is 2.09 bits per heavy atom.